The molecule has 0 aliphatic carbocycles. The van der Waals surface area contributed by atoms with E-state index in [0.29, 0.717) is 0 Å². The van der Waals surface area contributed by atoms with Crippen molar-refractivity contribution >= 4 is 21.7 Å². The second-order valence-corrected chi connectivity index (χ2v) is 4.29. The first-order valence-electron chi connectivity index (χ1n) is 5.31. The average molecular weight is 272 g/mol. The van der Waals surface area contributed by atoms with Crippen LogP contribution < -0.4 is 10.6 Å². The van der Waals surface area contributed by atoms with Gasteiger partial charge in [-0.25, -0.2) is 4.98 Å². The van der Waals surface area contributed by atoms with Crippen molar-refractivity contribution in [3.63, 3.8) is 0 Å². The summed E-state index contributed by atoms with van der Waals surface area (Å²) in [5.74, 6) is 0.939. The molecule has 84 valence electrons. The number of nitrogens with one attached hydrogen (secondary N) is 2. The van der Waals surface area contributed by atoms with Gasteiger partial charge in [0.15, 0.2) is 0 Å². The van der Waals surface area contributed by atoms with E-state index in [1.807, 2.05) is 19.1 Å². The minimum absolute atomic E-state index is 0.911. The molecule has 0 aliphatic rings. The Kier molecular flexibility index (Phi) is 5.65. The van der Waals surface area contributed by atoms with Crippen LogP contribution in [0.5, 0.6) is 0 Å². The summed E-state index contributed by atoms with van der Waals surface area (Å²) < 4.78 is 1.05. The highest BCUT2D eigenvalue weighted by molar-refractivity contribution is 9.10. The van der Waals surface area contributed by atoms with E-state index >= 15 is 0 Å². The van der Waals surface area contributed by atoms with E-state index in [1.54, 1.807) is 0 Å². The Morgan fingerprint density at radius 2 is 2.07 bits per heavy atom. The zero-order valence-corrected chi connectivity index (χ0v) is 10.9. The van der Waals surface area contributed by atoms with Crippen molar-refractivity contribution in [1.29, 1.82) is 0 Å². The van der Waals surface area contributed by atoms with Gasteiger partial charge in [0.25, 0.3) is 0 Å². The lowest BCUT2D eigenvalue weighted by Gasteiger charge is -2.07. The third-order valence-corrected chi connectivity index (χ3v) is 2.89. The standard InChI is InChI=1S/C11H18BrN3/c1-3-6-13-7-8-14-11-5-4-10(12)9(2)15-11/h4-5,13H,3,6-8H2,1-2H3,(H,14,15). The topological polar surface area (TPSA) is 37.0 Å². The molecule has 0 amide bonds. The molecule has 0 radical (unpaired) electrons. The van der Waals surface area contributed by atoms with E-state index in [-0.39, 0.29) is 0 Å². The summed E-state index contributed by atoms with van der Waals surface area (Å²) >= 11 is 3.43. The van der Waals surface area contributed by atoms with Gasteiger partial charge in [0.1, 0.15) is 5.82 Å². The molecule has 15 heavy (non-hydrogen) atoms. The van der Waals surface area contributed by atoms with Crippen molar-refractivity contribution in [2.24, 2.45) is 0 Å². The number of nitrogens with zero attached hydrogens (tertiary/aromatic N) is 1. The van der Waals surface area contributed by atoms with Gasteiger partial charge < -0.3 is 10.6 Å². The van der Waals surface area contributed by atoms with Crippen LogP contribution in [-0.2, 0) is 0 Å². The van der Waals surface area contributed by atoms with Crippen LogP contribution in [0.2, 0.25) is 0 Å². The van der Waals surface area contributed by atoms with Crippen LogP contribution in [0.1, 0.15) is 19.0 Å². The van der Waals surface area contributed by atoms with Crippen LogP contribution in [-0.4, -0.2) is 24.6 Å². The van der Waals surface area contributed by atoms with Gasteiger partial charge in [-0.3, -0.25) is 0 Å². The molecule has 1 aromatic heterocycles. The Labute approximate surface area is 99.8 Å². The molecule has 1 rings (SSSR count). The van der Waals surface area contributed by atoms with E-state index in [4.69, 9.17) is 0 Å². The summed E-state index contributed by atoms with van der Waals surface area (Å²) in [6.45, 7) is 7.12. The van der Waals surface area contributed by atoms with Gasteiger partial charge >= 0.3 is 0 Å². The number of pyridine rings is 1. The monoisotopic (exact) mass is 271 g/mol. The summed E-state index contributed by atoms with van der Waals surface area (Å²) in [5, 5.41) is 6.61. The molecule has 1 heterocycles. The fourth-order valence-corrected chi connectivity index (χ4v) is 1.44. The number of anilines is 1. The number of aryl methyl sites for hydroxylation is 1. The lowest BCUT2D eigenvalue weighted by Crippen LogP contribution is -2.23. The zero-order chi connectivity index (χ0) is 11.1. The van der Waals surface area contributed by atoms with Crippen LogP contribution >= 0.6 is 15.9 Å². The maximum atomic E-state index is 4.40. The van der Waals surface area contributed by atoms with E-state index in [2.05, 4.69) is 38.5 Å². The summed E-state index contributed by atoms with van der Waals surface area (Å²) in [6.07, 6.45) is 1.18. The lowest BCUT2D eigenvalue weighted by molar-refractivity contribution is 0.687. The smallest absolute Gasteiger partial charge is 0.126 e. The molecule has 2 N–H and O–H groups in total. The van der Waals surface area contributed by atoms with Gasteiger partial charge in [-0.1, -0.05) is 6.92 Å². The lowest BCUT2D eigenvalue weighted by atomic mass is 10.3. The maximum Gasteiger partial charge on any atom is 0.126 e. The van der Waals surface area contributed by atoms with Crippen molar-refractivity contribution < 1.29 is 0 Å². The Bertz CT molecular complexity index is 302. The SMILES string of the molecule is CCCNCCNc1ccc(Br)c(C)n1. The molecule has 0 atom stereocenters. The van der Waals surface area contributed by atoms with Crippen LogP contribution in [0.4, 0.5) is 5.82 Å². The molecule has 0 fully saturated rings. The average Bonchev–Trinajstić information content (AvgIpc) is 2.23. The third kappa shape index (κ3) is 4.62. The normalized spacial score (nSPS) is 10.3. The Hall–Kier alpha value is -0.610. The molecule has 4 heteroatoms. The van der Waals surface area contributed by atoms with Crippen molar-refractivity contribution in [3.8, 4) is 0 Å². The van der Waals surface area contributed by atoms with Gasteiger partial charge in [0.05, 0.1) is 5.69 Å². The number of rotatable bonds is 6. The summed E-state index contributed by atoms with van der Waals surface area (Å²) in [4.78, 5) is 4.40. The molecule has 0 aliphatic heterocycles. The molecule has 0 saturated carbocycles. The first-order chi connectivity index (χ1) is 7.24. The van der Waals surface area contributed by atoms with Crippen molar-refractivity contribution in [2.75, 3.05) is 25.0 Å². The van der Waals surface area contributed by atoms with Crippen LogP contribution in [0, 0.1) is 6.92 Å². The fraction of sp³-hybridized carbons (Fsp3) is 0.545. The van der Waals surface area contributed by atoms with Crippen molar-refractivity contribution in [2.45, 2.75) is 20.3 Å². The van der Waals surface area contributed by atoms with E-state index in [9.17, 15) is 0 Å². The highest BCUT2D eigenvalue weighted by Gasteiger charge is 1.97. The van der Waals surface area contributed by atoms with Crippen LogP contribution in [0.3, 0.4) is 0 Å². The van der Waals surface area contributed by atoms with Gasteiger partial charge in [-0.2, -0.15) is 0 Å². The predicted molar refractivity (Wildman–Crippen MR) is 68.3 cm³/mol. The van der Waals surface area contributed by atoms with Gasteiger partial charge in [-0.15, -0.1) is 0 Å². The number of hydrogen-bond donors (Lipinski definition) is 2. The van der Waals surface area contributed by atoms with Crippen LogP contribution in [0.15, 0.2) is 16.6 Å². The summed E-state index contributed by atoms with van der Waals surface area (Å²) in [6, 6.07) is 4.00. The quantitative estimate of drug-likeness (QED) is 0.781. The maximum absolute atomic E-state index is 4.40. The Balaban J connectivity index is 2.28. The highest BCUT2D eigenvalue weighted by atomic mass is 79.9. The predicted octanol–water partition coefficient (Wildman–Crippen LogP) is 2.56. The molecule has 0 unspecified atom stereocenters. The fourth-order valence-electron chi connectivity index (χ4n) is 1.22. The summed E-state index contributed by atoms with van der Waals surface area (Å²) in [5.41, 5.74) is 1.02. The first-order valence-corrected chi connectivity index (χ1v) is 6.11. The number of aromatic nitrogens is 1. The molecule has 0 spiro atoms. The van der Waals surface area contributed by atoms with E-state index in [1.165, 1.54) is 6.42 Å². The molecule has 0 aromatic carbocycles. The number of halogens is 1. The molecule has 1 aromatic rings. The molecule has 0 bridgehead atoms. The van der Waals surface area contributed by atoms with Crippen molar-refractivity contribution in [1.82, 2.24) is 10.3 Å². The van der Waals surface area contributed by atoms with Crippen molar-refractivity contribution in [3.05, 3.63) is 22.3 Å². The Morgan fingerprint density at radius 3 is 2.73 bits per heavy atom. The van der Waals surface area contributed by atoms with Gasteiger partial charge in [0, 0.05) is 17.6 Å². The number of hydrogen-bond acceptors (Lipinski definition) is 3. The molecule has 0 saturated heterocycles. The second-order valence-electron chi connectivity index (χ2n) is 3.44. The molecule has 3 nitrogen and oxygen atoms in total. The molecular formula is C11H18BrN3. The van der Waals surface area contributed by atoms with E-state index < -0.39 is 0 Å². The zero-order valence-electron chi connectivity index (χ0n) is 9.31. The first kappa shape index (κ1) is 12.5. The third-order valence-electron chi connectivity index (χ3n) is 2.06. The van der Waals surface area contributed by atoms with Crippen LogP contribution in [0.25, 0.3) is 0 Å². The minimum Gasteiger partial charge on any atom is -0.369 e. The van der Waals surface area contributed by atoms with Gasteiger partial charge in [0.2, 0.25) is 0 Å². The largest absolute Gasteiger partial charge is 0.369 e. The Morgan fingerprint density at radius 1 is 1.27 bits per heavy atom. The second kappa shape index (κ2) is 6.80. The van der Waals surface area contributed by atoms with E-state index in [0.717, 1.165) is 35.6 Å². The summed E-state index contributed by atoms with van der Waals surface area (Å²) in [7, 11) is 0. The molecular weight excluding hydrogens is 254 g/mol. The van der Waals surface area contributed by atoms with Gasteiger partial charge in [-0.05, 0) is 48.0 Å². The minimum atomic E-state index is 0.911. The highest BCUT2D eigenvalue weighted by Crippen LogP contribution is 2.15.